The zero-order valence-corrected chi connectivity index (χ0v) is 7.26. The standard InChI is InChI=1S/C8H14NO2/c1-7(2)8(11)9(3,4)5-6-10/h6H,1,5H2,2-4H3/q+1. The second kappa shape index (κ2) is 3.44. The molecule has 0 rings (SSSR count). The van der Waals surface area contributed by atoms with Gasteiger partial charge in [0.2, 0.25) is 0 Å². The van der Waals surface area contributed by atoms with Gasteiger partial charge in [-0.1, -0.05) is 6.58 Å². The highest BCUT2D eigenvalue weighted by molar-refractivity contribution is 5.87. The maximum atomic E-state index is 11.3. The summed E-state index contributed by atoms with van der Waals surface area (Å²) in [5.74, 6) is -0.0999. The van der Waals surface area contributed by atoms with Gasteiger partial charge < -0.3 is 0 Å². The summed E-state index contributed by atoms with van der Waals surface area (Å²) < 4.78 is 0.0544. The molecule has 0 unspecified atom stereocenters. The summed E-state index contributed by atoms with van der Waals surface area (Å²) >= 11 is 0. The van der Waals surface area contributed by atoms with Gasteiger partial charge in [-0.25, -0.2) is 4.79 Å². The lowest BCUT2D eigenvalue weighted by molar-refractivity contribution is -0.802. The molecule has 0 bridgehead atoms. The van der Waals surface area contributed by atoms with Crippen molar-refractivity contribution in [1.29, 1.82) is 0 Å². The largest absolute Gasteiger partial charge is 0.340 e. The average molecular weight is 156 g/mol. The Morgan fingerprint density at radius 2 is 2.00 bits per heavy atom. The molecule has 0 aromatic rings. The third-order valence-corrected chi connectivity index (χ3v) is 1.45. The van der Waals surface area contributed by atoms with Crippen LogP contribution in [-0.2, 0) is 9.59 Å². The van der Waals surface area contributed by atoms with E-state index in [9.17, 15) is 9.59 Å². The number of amides is 1. The Morgan fingerprint density at radius 3 is 2.27 bits per heavy atom. The highest BCUT2D eigenvalue weighted by Crippen LogP contribution is 2.03. The fraction of sp³-hybridized carbons (Fsp3) is 0.500. The predicted octanol–water partition coefficient (Wildman–Crippen LogP) is 0.364. The number of carbonyl (C=O) groups excluding carboxylic acids is 2. The number of hydrogen-bond donors (Lipinski definition) is 0. The molecule has 0 N–H and O–H groups in total. The molecule has 0 saturated carbocycles. The zero-order valence-electron chi connectivity index (χ0n) is 7.26. The van der Waals surface area contributed by atoms with Crippen LogP contribution in [0.15, 0.2) is 12.2 Å². The molecule has 0 atom stereocenters. The van der Waals surface area contributed by atoms with Crippen LogP contribution in [-0.4, -0.2) is 37.3 Å². The molecule has 62 valence electrons. The molecule has 1 amide bonds. The van der Waals surface area contributed by atoms with Gasteiger partial charge in [0.15, 0.2) is 6.29 Å². The van der Waals surface area contributed by atoms with Crippen molar-refractivity contribution in [2.24, 2.45) is 0 Å². The first-order valence-corrected chi connectivity index (χ1v) is 3.39. The van der Waals surface area contributed by atoms with Gasteiger partial charge >= 0.3 is 5.91 Å². The Balaban J connectivity index is 4.41. The van der Waals surface area contributed by atoms with Gasteiger partial charge in [-0.3, -0.25) is 9.28 Å². The van der Waals surface area contributed by atoms with Crippen LogP contribution in [0.25, 0.3) is 0 Å². The molecule has 0 aromatic heterocycles. The van der Waals surface area contributed by atoms with Crippen LogP contribution in [0.1, 0.15) is 6.92 Å². The fourth-order valence-corrected chi connectivity index (χ4v) is 0.786. The van der Waals surface area contributed by atoms with E-state index in [1.807, 2.05) is 0 Å². The zero-order chi connectivity index (χ0) is 9.07. The summed E-state index contributed by atoms with van der Waals surface area (Å²) in [7, 11) is 3.37. The Kier molecular flexibility index (Phi) is 3.14. The van der Waals surface area contributed by atoms with Gasteiger partial charge in [-0.05, 0) is 6.92 Å². The van der Waals surface area contributed by atoms with Crippen molar-refractivity contribution >= 4 is 12.2 Å². The number of likely N-dealkylation sites (N-methyl/N-ethyl adjacent to an activating group) is 1. The third-order valence-electron chi connectivity index (χ3n) is 1.45. The molecule has 0 spiro atoms. The molecule has 0 aliphatic carbocycles. The van der Waals surface area contributed by atoms with Gasteiger partial charge in [-0.2, -0.15) is 0 Å². The van der Waals surface area contributed by atoms with E-state index >= 15 is 0 Å². The Bertz CT molecular complexity index is 194. The average Bonchev–Trinajstić information content (AvgIpc) is 1.86. The quantitative estimate of drug-likeness (QED) is 0.336. The number of aldehydes is 1. The minimum absolute atomic E-state index is 0.0544. The second-order valence-corrected chi connectivity index (χ2v) is 3.12. The lowest BCUT2D eigenvalue weighted by Gasteiger charge is -2.23. The molecular formula is C8H14NO2+. The van der Waals surface area contributed by atoms with Crippen molar-refractivity contribution in [2.45, 2.75) is 6.92 Å². The topological polar surface area (TPSA) is 34.1 Å². The lowest BCUT2D eigenvalue weighted by atomic mass is 10.3. The molecule has 3 nitrogen and oxygen atoms in total. The summed E-state index contributed by atoms with van der Waals surface area (Å²) in [5, 5.41) is 0. The molecule has 0 aliphatic rings. The maximum Gasteiger partial charge on any atom is 0.340 e. The minimum atomic E-state index is -0.0999. The molecular weight excluding hydrogens is 142 g/mol. The van der Waals surface area contributed by atoms with E-state index < -0.39 is 0 Å². The van der Waals surface area contributed by atoms with Gasteiger partial charge in [0.1, 0.15) is 6.54 Å². The molecule has 0 saturated heterocycles. The van der Waals surface area contributed by atoms with Crippen molar-refractivity contribution in [3.63, 3.8) is 0 Å². The molecule has 0 aromatic carbocycles. The summed E-state index contributed by atoms with van der Waals surface area (Å²) in [4.78, 5) is 21.4. The fourth-order valence-electron chi connectivity index (χ4n) is 0.786. The van der Waals surface area contributed by atoms with E-state index in [-0.39, 0.29) is 16.9 Å². The molecule has 0 heterocycles. The van der Waals surface area contributed by atoms with Crippen LogP contribution in [0.5, 0.6) is 0 Å². The molecule has 0 fully saturated rings. The van der Waals surface area contributed by atoms with Crippen LogP contribution in [0.2, 0.25) is 0 Å². The summed E-state index contributed by atoms with van der Waals surface area (Å²) in [6.07, 6.45) is 0.737. The highest BCUT2D eigenvalue weighted by atomic mass is 16.2. The van der Waals surface area contributed by atoms with Crippen LogP contribution < -0.4 is 0 Å². The molecule has 0 radical (unpaired) electrons. The monoisotopic (exact) mass is 156 g/mol. The minimum Gasteiger partial charge on any atom is -0.297 e. The molecule has 3 heteroatoms. The number of nitrogens with zero attached hydrogens (tertiary/aromatic N) is 1. The van der Waals surface area contributed by atoms with Crippen molar-refractivity contribution in [3.05, 3.63) is 12.2 Å². The van der Waals surface area contributed by atoms with E-state index in [0.29, 0.717) is 5.57 Å². The van der Waals surface area contributed by atoms with E-state index in [1.54, 1.807) is 21.0 Å². The Hall–Kier alpha value is -0.960. The van der Waals surface area contributed by atoms with Crippen molar-refractivity contribution < 1.29 is 14.1 Å². The van der Waals surface area contributed by atoms with Gasteiger partial charge in [0.05, 0.1) is 14.1 Å². The van der Waals surface area contributed by atoms with E-state index in [2.05, 4.69) is 6.58 Å². The van der Waals surface area contributed by atoms with Crippen LogP contribution in [0.4, 0.5) is 0 Å². The summed E-state index contributed by atoms with van der Waals surface area (Å²) in [6.45, 7) is 5.37. The molecule has 11 heavy (non-hydrogen) atoms. The number of hydrogen-bond acceptors (Lipinski definition) is 2. The highest BCUT2D eigenvalue weighted by Gasteiger charge is 2.25. The van der Waals surface area contributed by atoms with E-state index in [4.69, 9.17) is 0 Å². The molecule has 0 aliphatic heterocycles. The number of carbonyl (C=O) groups is 2. The van der Waals surface area contributed by atoms with Gasteiger partial charge in [0, 0.05) is 5.57 Å². The van der Waals surface area contributed by atoms with Crippen molar-refractivity contribution in [3.8, 4) is 0 Å². The van der Waals surface area contributed by atoms with Crippen LogP contribution in [0.3, 0.4) is 0 Å². The number of quaternary nitrogens is 1. The van der Waals surface area contributed by atoms with E-state index in [0.717, 1.165) is 6.29 Å². The number of rotatable bonds is 3. The normalized spacial score (nSPS) is 10.8. The van der Waals surface area contributed by atoms with E-state index in [1.165, 1.54) is 0 Å². The third kappa shape index (κ3) is 2.63. The van der Waals surface area contributed by atoms with Crippen molar-refractivity contribution in [1.82, 2.24) is 0 Å². The Morgan fingerprint density at radius 1 is 1.55 bits per heavy atom. The maximum absolute atomic E-state index is 11.3. The summed E-state index contributed by atoms with van der Waals surface area (Å²) in [5.41, 5.74) is 0.483. The van der Waals surface area contributed by atoms with Gasteiger partial charge in [-0.15, -0.1) is 0 Å². The first kappa shape index (κ1) is 10.0. The summed E-state index contributed by atoms with van der Waals surface area (Å²) in [6, 6.07) is 0. The van der Waals surface area contributed by atoms with Crippen LogP contribution in [0, 0.1) is 0 Å². The van der Waals surface area contributed by atoms with Crippen LogP contribution >= 0.6 is 0 Å². The van der Waals surface area contributed by atoms with Gasteiger partial charge in [0.25, 0.3) is 0 Å². The smallest absolute Gasteiger partial charge is 0.297 e. The SMILES string of the molecule is C=C(C)C(=O)[N+](C)(C)CC=O. The first-order valence-electron chi connectivity index (χ1n) is 3.39. The van der Waals surface area contributed by atoms with Crippen molar-refractivity contribution in [2.75, 3.05) is 20.6 Å². The lowest BCUT2D eigenvalue weighted by Crippen LogP contribution is -2.47. The first-order chi connectivity index (χ1) is 4.91. The predicted molar refractivity (Wildman–Crippen MR) is 42.9 cm³/mol. The Labute approximate surface area is 66.9 Å². The second-order valence-electron chi connectivity index (χ2n) is 3.12.